The third kappa shape index (κ3) is 5.51. The second kappa shape index (κ2) is 12.3. The highest BCUT2D eigenvalue weighted by molar-refractivity contribution is 6.36. The van der Waals surface area contributed by atoms with Crippen molar-refractivity contribution in [1.29, 1.82) is 5.26 Å². The Morgan fingerprint density at radius 2 is 2.00 bits per heavy atom. The molecule has 2 aliphatic heterocycles. The molecule has 0 bridgehead atoms. The lowest BCUT2D eigenvalue weighted by Gasteiger charge is -2.41. The van der Waals surface area contributed by atoms with Gasteiger partial charge in [0, 0.05) is 70.4 Å². The van der Waals surface area contributed by atoms with Crippen LogP contribution in [0.4, 0.5) is 14.6 Å². The van der Waals surface area contributed by atoms with E-state index in [1.54, 1.807) is 30.6 Å². The summed E-state index contributed by atoms with van der Waals surface area (Å²) in [5, 5.41) is 11.8. The summed E-state index contributed by atoms with van der Waals surface area (Å²) in [6.07, 6.45) is 5.26. The largest absolute Gasteiger partial charge is 0.462 e. The summed E-state index contributed by atoms with van der Waals surface area (Å²) < 4.78 is 36.5. The van der Waals surface area contributed by atoms with Gasteiger partial charge in [-0.25, -0.2) is 8.78 Å². The molecule has 12 heteroatoms. The first-order valence-corrected chi connectivity index (χ1v) is 14.8. The zero-order chi connectivity index (χ0) is 31.0. The van der Waals surface area contributed by atoms with Crippen LogP contribution in [0.1, 0.15) is 19.3 Å². The van der Waals surface area contributed by atoms with Gasteiger partial charge in [-0.05, 0) is 38.6 Å². The Labute approximate surface area is 258 Å². The van der Waals surface area contributed by atoms with E-state index in [9.17, 15) is 14.4 Å². The number of nitriles is 1. The van der Waals surface area contributed by atoms with Crippen molar-refractivity contribution in [1.82, 2.24) is 24.8 Å². The third-order valence-corrected chi connectivity index (χ3v) is 8.78. The number of amides is 1. The number of aromatic nitrogens is 3. The quantitative estimate of drug-likeness (QED) is 0.250. The zero-order valence-electron chi connectivity index (χ0n) is 24.1. The van der Waals surface area contributed by atoms with E-state index in [0.29, 0.717) is 33.8 Å². The second-order valence-corrected chi connectivity index (χ2v) is 11.5. The predicted molar refractivity (Wildman–Crippen MR) is 165 cm³/mol. The van der Waals surface area contributed by atoms with Crippen LogP contribution >= 0.6 is 11.6 Å². The number of nitrogens with zero attached hydrogens (tertiary/aromatic N) is 7. The first-order chi connectivity index (χ1) is 21.3. The molecule has 2 atom stereocenters. The van der Waals surface area contributed by atoms with Crippen LogP contribution in [0.25, 0.3) is 32.8 Å². The summed E-state index contributed by atoms with van der Waals surface area (Å²) >= 11 is 6.56. The SMILES string of the molecule is C=C(F)C(=O)N1CCN(c2nc(OC[C@@H]3CCCN3C)nc3c(F)c(-c4cncc5cccc(Cl)c45)ccc23)C[C@@H]1CC#N. The van der Waals surface area contributed by atoms with Gasteiger partial charge in [0.25, 0.3) is 5.91 Å². The number of benzene rings is 2. The Morgan fingerprint density at radius 3 is 2.75 bits per heavy atom. The number of hydrogen-bond donors (Lipinski definition) is 0. The van der Waals surface area contributed by atoms with Crippen molar-refractivity contribution in [2.24, 2.45) is 0 Å². The van der Waals surface area contributed by atoms with E-state index >= 15 is 4.39 Å². The molecule has 0 spiro atoms. The lowest BCUT2D eigenvalue weighted by Crippen LogP contribution is -2.55. The van der Waals surface area contributed by atoms with Crippen molar-refractivity contribution >= 4 is 45.0 Å². The third-order valence-electron chi connectivity index (χ3n) is 8.47. The minimum atomic E-state index is -1.08. The highest BCUT2D eigenvalue weighted by Gasteiger charge is 2.34. The number of piperazine rings is 1. The van der Waals surface area contributed by atoms with Crippen molar-refractivity contribution in [3.63, 3.8) is 0 Å². The van der Waals surface area contributed by atoms with Gasteiger partial charge in [-0.1, -0.05) is 36.4 Å². The Balaban J connectivity index is 1.45. The number of carbonyl (C=O) groups is 1. The van der Waals surface area contributed by atoms with Crippen molar-refractivity contribution in [3.05, 3.63) is 66.0 Å². The van der Waals surface area contributed by atoms with Crippen LogP contribution in [0.15, 0.2) is 55.1 Å². The summed E-state index contributed by atoms with van der Waals surface area (Å²) in [5.41, 5.74) is 0.850. The van der Waals surface area contributed by atoms with Gasteiger partial charge < -0.3 is 19.4 Å². The molecule has 1 amide bonds. The number of hydrogen-bond acceptors (Lipinski definition) is 8. The molecule has 0 unspecified atom stereocenters. The number of fused-ring (bicyclic) bond motifs is 2. The molecular formula is C32H30ClF2N7O2. The molecule has 0 N–H and O–H groups in total. The summed E-state index contributed by atoms with van der Waals surface area (Å²) in [6.45, 7) is 5.00. The standard InChI is InChI=1S/C32H30ClF2N7O2/c1-19(34)31(43)42-14-13-41(17-21(42)10-11-36)30-24-9-8-23(25-16-37-15-20-5-3-7-26(33)27(20)25)28(35)29(24)38-32(39-30)44-18-22-6-4-12-40(22)2/h3,5,7-9,15-16,21-22H,1,4,6,10,12-14,17-18H2,2H3/t21-,22-/m0/s1. The molecule has 44 heavy (non-hydrogen) atoms. The molecule has 0 aliphatic carbocycles. The van der Waals surface area contributed by atoms with Gasteiger partial charge in [0.05, 0.1) is 18.5 Å². The predicted octanol–water partition coefficient (Wildman–Crippen LogP) is 5.52. The molecule has 9 nitrogen and oxygen atoms in total. The topological polar surface area (TPSA) is 98.5 Å². The monoisotopic (exact) mass is 617 g/mol. The molecule has 2 aromatic heterocycles. The lowest BCUT2D eigenvalue weighted by molar-refractivity contribution is -0.131. The molecule has 2 fully saturated rings. The second-order valence-electron chi connectivity index (χ2n) is 11.1. The Kier molecular flexibility index (Phi) is 8.29. The van der Waals surface area contributed by atoms with Crippen LogP contribution in [0.3, 0.4) is 0 Å². The normalized spacial score (nSPS) is 19.0. The molecule has 2 saturated heterocycles. The van der Waals surface area contributed by atoms with Gasteiger partial charge in [0.15, 0.2) is 11.6 Å². The molecule has 0 saturated carbocycles. The van der Waals surface area contributed by atoms with Gasteiger partial charge in [-0.3, -0.25) is 9.78 Å². The van der Waals surface area contributed by atoms with E-state index < -0.39 is 23.6 Å². The first kappa shape index (κ1) is 29.7. The van der Waals surface area contributed by atoms with E-state index in [4.69, 9.17) is 21.3 Å². The van der Waals surface area contributed by atoms with E-state index in [-0.39, 0.29) is 49.2 Å². The molecule has 0 radical (unpaired) electrons. The average molecular weight is 618 g/mol. The summed E-state index contributed by atoms with van der Waals surface area (Å²) in [6, 6.07) is 10.5. The Bertz CT molecular complexity index is 1810. The fraction of sp³-hybridized carbons (Fsp3) is 0.344. The maximum absolute atomic E-state index is 16.6. The average Bonchev–Trinajstić information content (AvgIpc) is 3.44. The van der Waals surface area contributed by atoms with Crippen LogP contribution in [0, 0.1) is 17.1 Å². The van der Waals surface area contributed by atoms with Gasteiger partial charge >= 0.3 is 6.01 Å². The van der Waals surface area contributed by atoms with Gasteiger partial charge in [0.1, 0.15) is 17.9 Å². The Morgan fingerprint density at radius 1 is 1.16 bits per heavy atom. The van der Waals surface area contributed by atoms with E-state index in [2.05, 4.69) is 27.5 Å². The molecule has 6 rings (SSSR count). The number of carbonyl (C=O) groups excluding carboxylic acids is 1. The fourth-order valence-corrected chi connectivity index (χ4v) is 6.43. The molecule has 2 aromatic carbocycles. The minimum Gasteiger partial charge on any atom is -0.462 e. The number of pyridine rings is 1. The zero-order valence-corrected chi connectivity index (χ0v) is 24.9. The minimum absolute atomic E-state index is 0.0189. The van der Waals surface area contributed by atoms with Crippen LogP contribution in [0.5, 0.6) is 6.01 Å². The van der Waals surface area contributed by atoms with Crippen LogP contribution < -0.4 is 9.64 Å². The molecule has 2 aliphatic rings. The number of halogens is 3. The fourth-order valence-electron chi connectivity index (χ4n) is 6.14. The highest BCUT2D eigenvalue weighted by Crippen LogP contribution is 2.38. The smallest absolute Gasteiger partial charge is 0.319 e. The van der Waals surface area contributed by atoms with Crippen molar-refractivity contribution in [2.75, 3.05) is 44.7 Å². The highest BCUT2D eigenvalue weighted by atomic mass is 35.5. The number of likely N-dealkylation sites (tertiary alicyclic amines) is 1. The van der Waals surface area contributed by atoms with E-state index in [1.807, 2.05) is 24.1 Å². The maximum atomic E-state index is 16.6. The molecule has 226 valence electrons. The maximum Gasteiger partial charge on any atom is 0.319 e. The summed E-state index contributed by atoms with van der Waals surface area (Å²) in [4.78, 5) is 31.4. The number of anilines is 1. The van der Waals surface area contributed by atoms with Crippen LogP contribution in [-0.4, -0.2) is 82.6 Å². The van der Waals surface area contributed by atoms with E-state index in [1.165, 1.54) is 4.90 Å². The molecule has 4 heterocycles. The van der Waals surface area contributed by atoms with E-state index in [0.717, 1.165) is 24.8 Å². The summed E-state index contributed by atoms with van der Waals surface area (Å²) in [7, 11) is 2.03. The number of ether oxygens (including phenoxy) is 1. The van der Waals surface area contributed by atoms with Gasteiger partial charge in [-0.15, -0.1) is 0 Å². The lowest BCUT2D eigenvalue weighted by atomic mass is 9.99. The molecule has 4 aromatic rings. The number of rotatable bonds is 7. The van der Waals surface area contributed by atoms with Gasteiger partial charge in [-0.2, -0.15) is 15.2 Å². The summed E-state index contributed by atoms with van der Waals surface area (Å²) in [5.74, 6) is -2.11. The number of likely N-dealkylation sites (N-methyl/N-ethyl adjacent to an activating group) is 1. The first-order valence-electron chi connectivity index (χ1n) is 14.4. The van der Waals surface area contributed by atoms with Gasteiger partial charge in [0.2, 0.25) is 0 Å². The van der Waals surface area contributed by atoms with Crippen molar-refractivity contribution < 1.29 is 18.3 Å². The Hall–Kier alpha value is -4.40. The van der Waals surface area contributed by atoms with Crippen LogP contribution in [-0.2, 0) is 4.79 Å². The van der Waals surface area contributed by atoms with Crippen molar-refractivity contribution in [3.8, 4) is 23.2 Å². The van der Waals surface area contributed by atoms with Crippen molar-refractivity contribution in [2.45, 2.75) is 31.3 Å². The molecular weight excluding hydrogens is 588 g/mol. The van der Waals surface area contributed by atoms with Crippen LogP contribution in [0.2, 0.25) is 5.02 Å².